The van der Waals surface area contributed by atoms with E-state index in [0.717, 1.165) is 18.4 Å². The van der Waals surface area contributed by atoms with Gasteiger partial charge < -0.3 is 25.3 Å². The number of benzene rings is 1. The minimum absolute atomic E-state index is 0.120. The molecule has 6 nitrogen and oxygen atoms in total. The molecule has 0 radical (unpaired) electrons. The van der Waals surface area contributed by atoms with Gasteiger partial charge in [0.2, 0.25) is 5.91 Å². The molecule has 23 heavy (non-hydrogen) atoms. The maximum absolute atomic E-state index is 12.2. The zero-order valence-corrected chi connectivity index (χ0v) is 13.8. The SMILES string of the molecule is CCOc1cc(CNC(=O)C(N)C2CCOCC2)ccc1OC. The number of rotatable bonds is 7. The van der Waals surface area contributed by atoms with Crippen LogP contribution < -0.4 is 20.5 Å². The van der Waals surface area contributed by atoms with Crippen LogP contribution in [0.1, 0.15) is 25.3 Å². The van der Waals surface area contributed by atoms with Crippen LogP contribution in [0.15, 0.2) is 18.2 Å². The van der Waals surface area contributed by atoms with Crippen molar-refractivity contribution in [3.05, 3.63) is 23.8 Å². The minimum atomic E-state index is -0.483. The van der Waals surface area contributed by atoms with E-state index < -0.39 is 6.04 Å². The van der Waals surface area contributed by atoms with E-state index >= 15 is 0 Å². The van der Waals surface area contributed by atoms with Crippen LogP contribution in [0.4, 0.5) is 0 Å². The number of nitrogens with one attached hydrogen (secondary N) is 1. The Morgan fingerprint density at radius 3 is 2.78 bits per heavy atom. The predicted molar refractivity (Wildman–Crippen MR) is 87.5 cm³/mol. The lowest BCUT2D eigenvalue weighted by atomic mass is 9.92. The van der Waals surface area contributed by atoms with E-state index in [-0.39, 0.29) is 11.8 Å². The van der Waals surface area contributed by atoms with E-state index in [4.69, 9.17) is 19.9 Å². The van der Waals surface area contributed by atoms with Crippen LogP contribution in [0.3, 0.4) is 0 Å². The molecule has 0 saturated carbocycles. The van der Waals surface area contributed by atoms with Crippen LogP contribution in [-0.4, -0.2) is 38.9 Å². The minimum Gasteiger partial charge on any atom is -0.493 e. The number of hydrogen-bond donors (Lipinski definition) is 2. The van der Waals surface area contributed by atoms with Crippen molar-refractivity contribution in [1.29, 1.82) is 0 Å². The van der Waals surface area contributed by atoms with E-state index in [1.54, 1.807) is 7.11 Å². The van der Waals surface area contributed by atoms with E-state index in [1.807, 2.05) is 25.1 Å². The number of methoxy groups -OCH3 is 1. The summed E-state index contributed by atoms with van der Waals surface area (Å²) in [4.78, 5) is 12.2. The molecule has 1 atom stereocenters. The Balaban J connectivity index is 1.91. The largest absolute Gasteiger partial charge is 0.493 e. The van der Waals surface area contributed by atoms with Crippen molar-refractivity contribution in [3.8, 4) is 11.5 Å². The first kappa shape index (κ1) is 17.6. The molecule has 2 rings (SSSR count). The van der Waals surface area contributed by atoms with Crippen LogP contribution >= 0.6 is 0 Å². The molecule has 0 bridgehead atoms. The highest BCUT2D eigenvalue weighted by Gasteiger charge is 2.26. The maximum Gasteiger partial charge on any atom is 0.237 e. The summed E-state index contributed by atoms with van der Waals surface area (Å²) in [5.74, 6) is 1.43. The second-order valence-electron chi connectivity index (χ2n) is 5.61. The van der Waals surface area contributed by atoms with Crippen molar-refractivity contribution in [1.82, 2.24) is 5.32 Å². The van der Waals surface area contributed by atoms with E-state index in [9.17, 15) is 4.79 Å². The number of amides is 1. The molecule has 6 heteroatoms. The highest BCUT2D eigenvalue weighted by Crippen LogP contribution is 2.28. The average Bonchev–Trinajstić information content (AvgIpc) is 2.60. The van der Waals surface area contributed by atoms with Gasteiger partial charge in [0, 0.05) is 19.8 Å². The van der Waals surface area contributed by atoms with Crippen molar-refractivity contribution < 1.29 is 19.0 Å². The van der Waals surface area contributed by atoms with Gasteiger partial charge >= 0.3 is 0 Å². The quantitative estimate of drug-likeness (QED) is 0.794. The van der Waals surface area contributed by atoms with Gasteiger partial charge in [0.05, 0.1) is 19.8 Å². The van der Waals surface area contributed by atoms with Crippen LogP contribution in [0.25, 0.3) is 0 Å². The fourth-order valence-corrected chi connectivity index (χ4v) is 2.70. The summed E-state index contributed by atoms with van der Waals surface area (Å²) in [6.45, 7) is 4.26. The van der Waals surface area contributed by atoms with Gasteiger partial charge in [-0.2, -0.15) is 0 Å². The van der Waals surface area contributed by atoms with E-state index in [2.05, 4.69) is 5.32 Å². The summed E-state index contributed by atoms with van der Waals surface area (Å²) >= 11 is 0. The molecule has 1 unspecified atom stereocenters. The molecule has 1 amide bonds. The molecular formula is C17H26N2O4. The van der Waals surface area contributed by atoms with E-state index in [1.165, 1.54) is 0 Å². The molecule has 1 heterocycles. The average molecular weight is 322 g/mol. The van der Waals surface area contributed by atoms with Crippen LogP contribution in [0.5, 0.6) is 11.5 Å². The second kappa shape index (κ2) is 8.74. The summed E-state index contributed by atoms with van der Waals surface area (Å²) in [5, 5.41) is 2.90. The highest BCUT2D eigenvalue weighted by molar-refractivity contribution is 5.81. The number of carbonyl (C=O) groups is 1. The lowest BCUT2D eigenvalue weighted by Crippen LogP contribution is -2.46. The third kappa shape index (κ3) is 4.84. The van der Waals surface area contributed by atoms with Crippen molar-refractivity contribution >= 4 is 5.91 Å². The smallest absolute Gasteiger partial charge is 0.237 e. The first-order valence-electron chi connectivity index (χ1n) is 8.06. The van der Waals surface area contributed by atoms with Crippen molar-refractivity contribution in [2.45, 2.75) is 32.4 Å². The normalized spacial score (nSPS) is 16.7. The lowest BCUT2D eigenvalue weighted by Gasteiger charge is -2.26. The first-order valence-corrected chi connectivity index (χ1v) is 8.06. The van der Waals surface area contributed by atoms with Crippen molar-refractivity contribution in [2.75, 3.05) is 26.9 Å². The van der Waals surface area contributed by atoms with Crippen LogP contribution in [0, 0.1) is 5.92 Å². The van der Waals surface area contributed by atoms with E-state index in [0.29, 0.717) is 37.9 Å². The lowest BCUT2D eigenvalue weighted by molar-refractivity contribution is -0.124. The van der Waals surface area contributed by atoms with Gasteiger partial charge in [0.1, 0.15) is 0 Å². The van der Waals surface area contributed by atoms with Crippen molar-refractivity contribution in [2.24, 2.45) is 11.7 Å². The van der Waals surface area contributed by atoms with Gasteiger partial charge in [-0.15, -0.1) is 0 Å². The fraction of sp³-hybridized carbons (Fsp3) is 0.588. The highest BCUT2D eigenvalue weighted by atomic mass is 16.5. The zero-order valence-electron chi connectivity index (χ0n) is 13.8. The Kier molecular flexibility index (Phi) is 6.67. The zero-order chi connectivity index (χ0) is 16.7. The molecule has 1 aliphatic rings. The maximum atomic E-state index is 12.2. The Hall–Kier alpha value is -1.79. The summed E-state index contributed by atoms with van der Waals surface area (Å²) in [6.07, 6.45) is 1.68. The molecule has 1 aromatic carbocycles. The summed E-state index contributed by atoms with van der Waals surface area (Å²) in [6, 6.07) is 5.14. The molecule has 128 valence electrons. The first-order chi connectivity index (χ1) is 11.2. The summed E-state index contributed by atoms with van der Waals surface area (Å²) in [5.41, 5.74) is 7.01. The molecule has 0 aliphatic carbocycles. The number of hydrogen-bond acceptors (Lipinski definition) is 5. The number of nitrogens with two attached hydrogens (primary N) is 1. The molecule has 1 saturated heterocycles. The third-order valence-corrected chi connectivity index (χ3v) is 4.07. The van der Waals surface area contributed by atoms with Crippen LogP contribution in [-0.2, 0) is 16.1 Å². The van der Waals surface area contributed by atoms with Gasteiger partial charge in [-0.25, -0.2) is 0 Å². The Labute approximate surface area is 137 Å². The van der Waals surface area contributed by atoms with Gasteiger partial charge in [-0.1, -0.05) is 6.07 Å². The topological polar surface area (TPSA) is 82.8 Å². The van der Waals surface area contributed by atoms with Gasteiger partial charge in [0.15, 0.2) is 11.5 Å². The monoisotopic (exact) mass is 322 g/mol. The molecule has 1 fully saturated rings. The van der Waals surface area contributed by atoms with Crippen molar-refractivity contribution in [3.63, 3.8) is 0 Å². The van der Waals surface area contributed by atoms with Crippen LogP contribution in [0.2, 0.25) is 0 Å². The molecule has 0 aromatic heterocycles. The summed E-state index contributed by atoms with van der Waals surface area (Å²) in [7, 11) is 1.60. The third-order valence-electron chi connectivity index (χ3n) is 4.07. The summed E-state index contributed by atoms with van der Waals surface area (Å²) < 4.78 is 16.1. The van der Waals surface area contributed by atoms with Gasteiger partial charge in [-0.05, 0) is 43.4 Å². The molecule has 1 aliphatic heterocycles. The second-order valence-corrected chi connectivity index (χ2v) is 5.61. The number of carbonyl (C=O) groups excluding carboxylic acids is 1. The Morgan fingerprint density at radius 2 is 2.13 bits per heavy atom. The standard InChI is InChI=1S/C17H26N2O4/c1-3-23-15-10-12(4-5-14(15)21-2)11-19-17(20)16(18)13-6-8-22-9-7-13/h4-5,10,13,16H,3,6-9,11,18H2,1-2H3,(H,19,20). The fourth-order valence-electron chi connectivity index (χ4n) is 2.70. The Morgan fingerprint density at radius 1 is 1.39 bits per heavy atom. The van der Waals surface area contributed by atoms with Gasteiger partial charge in [0.25, 0.3) is 0 Å². The number of ether oxygens (including phenoxy) is 3. The molecular weight excluding hydrogens is 296 g/mol. The Bertz CT molecular complexity index is 515. The predicted octanol–water partition coefficient (Wildman–Crippen LogP) is 1.46. The molecule has 0 spiro atoms. The molecule has 1 aromatic rings. The molecule has 3 N–H and O–H groups in total. The van der Waals surface area contributed by atoms with Gasteiger partial charge in [-0.3, -0.25) is 4.79 Å².